The van der Waals surface area contributed by atoms with Gasteiger partial charge in [-0.05, 0) is 13.3 Å². The lowest BCUT2D eigenvalue weighted by Crippen LogP contribution is -2.29. The van der Waals surface area contributed by atoms with E-state index < -0.39 is 6.03 Å². The molecule has 0 aromatic heterocycles. The second kappa shape index (κ2) is 22.8. The van der Waals surface area contributed by atoms with Gasteiger partial charge in [0.25, 0.3) is 0 Å². The Balaban J connectivity index is 0.000000929. The third kappa shape index (κ3) is 24.5. The topological polar surface area (TPSA) is 55.1 Å². The maximum absolute atomic E-state index is 10.5. The van der Waals surface area contributed by atoms with E-state index in [1.54, 1.807) is 0 Å². The standard InChI is InChI=1S/C19H40N2O.C7H8/c1-2-3-4-5-6-7-8-9-10-11-12-13-14-15-16-17-18-21-19(20)22;1-7-5-3-2-4-6-7/h2-18H2,1H3,(H3,20,21,22);2-6H,1H3. The second-order valence-corrected chi connectivity index (χ2v) is 8.25. The monoisotopic (exact) mass is 404 g/mol. The van der Waals surface area contributed by atoms with Crippen LogP contribution in [-0.4, -0.2) is 12.6 Å². The van der Waals surface area contributed by atoms with Gasteiger partial charge in [0.1, 0.15) is 0 Å². The van der Waals surface area contributed by atoms with Gasteiger partial charge in [0.15, 0.2) is 0 Å². The first-order valence-corrected chi connectivity index (χ1v) is 12.2. The van der Waals surface area contributed by atoms with Crippen LogP contribution in [0.2, 0.25) is 0 Å². The minimum atomic E-state index is -0.402. The van der Waals surface area contributed by atoms with Gasteiger partial charge in [-0.2, -0.15) is 0 Å². The number of primary amides is 1. The van der Waals surface area contributed by atoms with Gasteiger partial charge in [0.05, 0.1) is 0 Å². The maximum atomic E-state index is 10.5. The average molecular weight is 405 g/mol. The summed E-state index contributed by atoms with van der Waals surface area (Å²) in [6.45, 7) is 5.09. The number of carbonyl (C=O) groups excluding carboxylic acids is 1. The van der Waals surface area contributed by atoms with E-state index in [9.17, 15) is 4.79 Å². The first kappa shape index (κ1) is 27.5. The molecule has 0 bridgehead atoms. The molecular formula is C26H48N2O. The molecule has 0 spiro atoms. The molecule has 168 valence electrons. The van der Waals surface area contributed by atoms with Gasteiger partial charge in [0, 0.05) is 6.54 Å². The van der Waals surface area contributed by atoms with Gasteiger partial charge in [-0.15, -0.1) is 0 Å². The number of nitrogens with two attached hydrogens (primary N) is 1. The molecule has 1 rings (SSSR count). The maximum Gasteiger partial charge on any atom is 0.312 e. The normalized spacial score (nSPS) is 10.3. The van der Waals surface area contributed by atoms with Gasteiger partial charge >= 0.3 is 6.03 Å². The third-order valence-corrected chi connectivity index (χ3v) is 5.27. The Morgan fingerprint density at radius 3 is 1.38 bits per heavy atom. The van der Waals surface area contributed by atoms with Crippen molar-refractivity contribution in [2.24, 2.45) is 5.73 Å². The summed E-state index contributed by atoms with van der Waals surface area (Å²) in [6, 6.07) is 9.86. The van der Waals surface area contributed by atoms with E-state index in [4.69, 9.17) is 5.73 Å². The summed E-state index contributed by atoms with van der Waals surface area (Å²) < 4.78 is 0. The highest BCUT2D eigenvalue weighted by Gasteiger charge is 1.95. The Hall–Kier alpha value is -1.51. The van der Waals surface area contributed by atoms with Crippen molar-refractivity contribution in [3.05, 3.63) is 35.9 Å². The van der Waals surface area contributed by atoms with E-state index in [-0.39, 0.29) is 0 Å². The van der Waals surface area contributed by atoms with Crippen molar-refractivity contribution in [1.29, 1.82) is 0 Å². The summed E-state index contributed by atoms with van der Waals surface area (Å²) in [4.78, 5) is 10.5. The van der Waals surface area contributed by atoms with Gasteiger partial charge in [0.2, 0.25) is 0 Å². The molecule has 3 nitrogen and oxygen atoms in total. The third-order valence-electron chi connectivity index (χ3n) is 5.27. The van der Waals surface area contributed by atoms with Crippen LogP contribution in [0.25, 0.3) is 0 Å². The molecular weight excluding hydrogens is 356 g/mol. The van der Waals surface area contributed by atoms with Crippen molar-refractivity contribution >= 4 is 6.03 Å². The minimum Gasteiger partial charge on any atom is -0.352 e. The summed E-state index contributed by atoms with van der Waals surface area (Å²) in [6.07, 6.45) is 21.9. The fourth-order valence-corrected chi connectivity index (χ4v) is 3.42. The predicted molar refractivity (Wildman–Crippen MR) is 128 cm³/mol. The SMILES string of the molecule is CCCCCCCCCCCCCCCCCCNC(N)=O.Cc1ccccc1. The molecule has 0 atom stereocenters. The zero-order valence-electron chi connectivity index (χ0n) is 19.4. The molecule has 2 amide bonds. The van der Waals surface area contributed by atoms with Crippen LogP contribution in [0.5, 0.6) is 0 Å². The second-order valence-electron chi connectivity index (χ2n) is 8.25. The first-order valence-electron chi connectivity index (χ1n) is 12.2. The largest absolute Gasteiger partial charge is 0.352 e. The summed E-state index contributed by atoms with van der Waals surface area (Å²) in [5.41, 5.74) is 6.33. The zero-order valence-corrected chi connectivity index (χ0v) is 19.4. The van der Waals surface area contributed by atoms with E-state index >= 15 is 0 Å². The van der Waals surface area contributed by atoms with Crippen molar-refractivity contribution in [3.8, 4) is 0 Å². The number of unbranched alkanes of at least 4 members (excludes halogenated alkanes) is 15. The first-order chi connectivity index (χ1) is 14.2. The molecule has 0 aliphatic carbocycles. The molecule has 0 saturated heterocycles. The Bertz CT molecular complexity index is 447. The van der Waals surface area contributed by atoms with Crippen LogP contribution in [0, 0.1) is 6.92 Å². The van der Waals surface area contributed by atoms with E-state index in [0.29, 0.717) is 0 Å². The highest BCUT2D eigenvalue weighted by atomic mass is 16.2. The number of rotatable bonds is 17. The summed E-state index contributed by atoms with van der Waals surface area (Å²) >= 11 is 0. The van der Waals surface area contributed by atoms with Crippen LogP contribution in [0.1, 0.15) is 115 Å². The van der Waals surface area contributed by atoms with Crippen LogP contribution in [0.4, 0.5) is 4.79 Å². The summed E-state index contributed by atoms with van der Waals surface area (Å²) in [5.74, 6) is 0. The number of nitrogens with one attached hydrogen (secondary N) is 1. The fourth-order valence-electron chi connectivity index (χ4n) is 3.42. The smallest absolute Gasteiger partial charge is 0.312 e. The zero-order chi connectivity index (χ0) is 21.4. The van der Waals surface area contributed by atoms with E-state index in [0.717, 1.165) is 13.0 Å². The molecule has 0 heterocycles. The van der Waals surface area contributed by atoms with Gasteiger partial charge in [-0.3, -0.25) is 0 Å². The van der Waals surface area contributed by atoms with Crippen LogP contribution in [0.3, 0.4) is 0 Å². The molecule has 29 heavy (non-hydrogen) atoms. The fraction of sp³-hybridized carbons (Fsp3) is 0.731. The Labute approximate surface area is 181 Å². The van der Waals surface area contributed by atoms with Crippen LogP contribution >= 0.6 is 0 Å². The molecule has 0 radical (unpaired) electrons. The minimum absolute atomic E-state index is 0.402. The van der Waals surface area contributed by atoms with Crippen molar-refractivity contribution in [2.75, 3.05) is 6.54 Å². The van der Waals surface area contributed by atoms with Crippen molar-refractivity contribution in [3.63, 3.8) is 0 Å². The van der Waals surface area contributed by atoms with E-state index in [1.807, 2.05) is 18.2 Å². The lowest BCUT2D eigenvalue weighted by atomic mass is 10.0. The predicted octanol–water partition coefficient (Wildman–Crippen LogP) is 7.91. The Morgan fingerprint density at radius 1 is 0.690 bits per heavy atom. The van der Waals surface area contributed by atoms with Crippen molar-refractivity contribution in [2.45, 2.75) is 117 Å². The average Bonchev–Trinajstić information content (AvgIpc) is 2.71. The van der Waals surface area contributed by atoms with Crippen LogP contribution in [0.15, 0.2) is 30.3 Å². The van der Waals surface area contributed by atoms with Crippen LogP contribution < -0.4 is 11.1 Å². The molecule has 0 aliphatic heterocycles. The van der Waals surface area contributed by atoms with Crippen molar-refractivity contribution in [1.82, 2.24) is 5.32 Å². The van der Waals surface area contributed by atoms with Crippen LogP contribution in [-0.2, 0) is 0 Å². The summed E-state index contributed by atoms with van der Waals surface area (Å²) in [5, 5.41) is 2.63. The molecule has 0 fully saturated rings. The van der Waals surface area contributed by atoms with Gasteiger partial charge in [-0.1, -0.05) is 139 Å². The molecule has 0 saturated carbocycles. The van der Waals surface area contributed by atoms with E-state index in [2.05, 4.69) is 31.3 Å². The lowest BCUT2D eigenvalue weighted by molar-refractivity contribution is 0.248. The number of amides is 2. The number of hydrogen-bond donors (Lipinski definition) is 2. The molecule has 0 aliphatic rings. The van der Waals surface area contributed by atoms with Gasteiger partial charge in [-0.25, -0.2) is 4.79 Å². The number of hydrogen-bond acceptors (Lipinski definition) is 1. The molecule has 3 heteroatoms. The summed E-state index contributed by atoms with van der Waals surface area (Å²) in [7, 11) is 0. The molecule has 1 aromatic rings. The molecule has 3 N–H and O–H groups in total. The highest BCUT2D eigenvalue weighted by Crippen LogP contribution is 2.13. The molecule has 1 aromatic carbocycles. The lowest BCUT2D eigenvalue weighted by Gasteiger charge is -2.04. The van der Waals surface area contributed by atoms with Crippen molar-refractivity contribution < 1.29 is 4.79 Å². The quantitative estimate of drug-likeness (QED) is 0.255. The number of urea groups is 1. The highest BCUT2D eigenvalue weighted by molar-refractivity contribution is 5.71. The Morgan fingerprint density at radius 2 is 1.07 bits per heavy atom. The Kier molecular flexibility index (Phi) is 21.6. The van der Waals surface area contributed by atoms with E-state index in [1.165, 1.54) is 102 Å². The number of benzene rings is 1. The number of aryl methyl sites for hydroxylation is 1. The molecule has 0 unspecified atom stereocenters. The number of carbonyl (C=O) groups is 1. The van der Waals surface area contributed by atoms with Gasteiger partial charge < -0.3 is 11.1 Å².